The van der Waals surface area contributed by atoms with Gasteiger partial charge in [-0.2, -0.15) is 0 Å². The molecule has 3 aromatic carbocycles. The normalized spacial score (nSPS) is 11.1. The molecule has 4 rings (SSSR count). The van der Waals surface area contributed by atoms with Crippen molar-refractivity contribution in [2.75, 3.05) is 22.9 Å². The molecule has 1 aromatic heterocycles. The number of amides is 1. The van der Waals surface area contributed by atoms with E-state index in [2.05, 4.69) is 15.0 Å². The van der Waals surface area contributed by atoms with Crippen molar-refractivity contribution >= 4 is 49.8 Å². The number of hydrogen-bond donors (Lipinski definition) is 2. The van der Waals surface area contributed by atoms with Gasteiger partial charge < -0.3 is 10.1 Å². The molecule has 2 N–H and O–H groups in total. The Morgan fingerprint density at radius 1 is 1.00 bits per heavy atom. The number of sulfonamides is 1. The van der Waals surface area contributed by atoms with Crippen molar-refractivity contribution in [3.63, 3.8) is 0 Å². The van der Waals surface area contributed by atoms with Crippen LogP contribution in [0.4, 0.5) is 10.8 Å². The fourth-order valence-corrected chi connectivity index (χ4v) is 5.48. The largest absolute Gasteiger partial charge is 0.497 e. The third-order valence-electron chi connectivity index (χ3n) is 4.67. The number of ether oxygens (including phenoxy) is 1. The molecule has 0 spiro atoms. The Bertz CT molecular complexity index is 1350. The van der Waals surface area contributed by atoms with Crippen molar-refractivity contribution in [2.24, 2.45) is 0 Å². The minimum atomic E-state index is -3.64. The number of anilines is 2. The van der Waals surface area contributed by atoms with Crippen LogP contribution >= 0.6 is 23.1 Å². The summed E-state index contributed by atoms with van der Waals surface area (Å²) in [6.45, 7) is 0. The van der Waals surface area contributed by atoms with Crippen LogP contribution in [0.2, 0.25) is 0 Å². The summed E-state index contributed by atoms with van der Waals surface area (Å²) in [4.78, 5) is 17.9. The minimum Gasteiger partial charge on any atom is -0.497 e. The second-order valence-corrected chi connectivity index (χ2v) is 10.6. The van der Waals surface area contributed by atoms with Crippen LogP contribution in [0.25, 0.3) is 11.3 Å². The topological polar surface area (TPSA) is 97.4 Å². The van der Waals surface area contributed by atoms with Crippen molar-refractivity contribution < 1.29 is 17.9 Å². The van der Waals surface area contributed by atoms with Gasteiger partial charge in [-0.3, -0.25) is 9.52 Å². The Kier molecular flexibility index (Phi) is 7.51. The fourth-order valence-electron chi connectivity index (χ4n) is 2.96. The molecule has 10 heteroatoms. The number of aromatic nitrogens is 1. The number of thioether (sulfide) groups is 1. The molecule has 4 aromatic rings. The van der Waals surface area contributed by atoms with Gasteiger partial charge in [-0.25, -0.2) is 13.4 Å². The number of carbonyl (C=O) groups excluding carboxylic acids is 1. The molecule has 1 amide bonds. The number of nitrogens with zero attached hydrogens (tertiary/aromatic N) is 1. The zero-order valence-electron chi connectivity index (χ0n) is 18.1. The monoisotopic (exact) mass is 511 g/mol. The predicted octanol–water partition coefficient (Wildman–Crippen LogP) is 5.35. The molecule has 0 bridgehead atoms. The maximum absolute atomic E-state index is 12.4. The average Bonchev–Trinajstić information content (AvgIpc) is 3.32. The van der Waals surface area contributed by atoms with Gasteiger partial charge in [-0.05, 0) is 60.7 Å². The van der Waals surface area contributed by atoms with E-state index in [0.717, 1.165) is 21.9 Å². The molecule has 0 unspecified atom stereocenters. The summed E-state index contributed by atoms with van der Waals surface area (Å²) in [7, 11) is -2.02. The first kappa shape index (κ1) is 23.8. The summed E-state index contributed by atoms with van der Waals surface area (Å²) in [5.41, 5.74) is 2.17. The lowest BCUT2D eigenvalue weighted by atomic mass is 10.2. The van der Waals surface area contributed by atoms with Gasteiger partial charge in [0.05, 0.1) is 23.5 Å². The highest BCUT2D eigenvalue weighted by Gasteiger charge is 2.13. The molecular weight excluding hydrogens is 490 g/mol. The van der Waals surface area contributed by atoms with Crippen LogP contribution in [-0.4, -0.2) is 32.2 Å². The van der Waals surface area contributed by atoms with Gasteiger partial charge in [0.15, 0.2) is 5.13 Å². The van der Waals surface area contributed by atoms with E-state index in [4.69, 9.17) is 4.74 Å². The third kappa shape index (κ3) is 6.16. The lowest BCUT2D eigenvalue weighted by molar-refractivity contribution is -0.113. The molecule has 0 fully saturated rings. The molecule has 0 saturated carbocycles. The summed E-state index contributed by atoms with van der Waals surface area (Å²) in [5, 5.41) is 5.24. The summed E-state index contributed by atoms with van der Waals surface area (Å²) < 4.78 is 32.5. The number of carbonyl (C=O) groups is 1. The van der Waals surface area contributed by atoms with Crippen LogP contribution in [-0.2, 0) is 14.8 Å². The molecule has 0 saturated heterocycles. The number of hydrogen-bond acceptors (Lipinski definition) is 7. The zero-order chi connectivity index (χ0) is 24.0. The molecule has 1 heterocycles. The Labute approximate surface area is 206 Å². The van der Waals surface area contributed by atoms with E-state index < -0.39 is 10.0 Å². The minimum absolute atomic E-state index is 0.172. The second-order valence-electron chi connectivity index (χ2n) is 7.05. The number of benzene rings is 3. The molecule has 0 aliphatic carbocycles. The van der Waals surface area contributed by atoms with Crippen molar-refractivity contribution in [3.8, 4) is 17.0 Å². The van der Waals surface area contributed by atoms with Crippen LogP contribution < -0.4 is 14.8 Å². The van der Waals surface area contributed by atoms with Crippen LogP contribution in [0.15, 0.2) is 94.0 Å². The van der Waals surface area contributed by atoms with Crippen molar-refractivity contribution in [1.82, 2.24) is 4.98 Å². The van der Waals surface area contributed by atoms with E-state index in [1.807, 2.05) is 29.6 Å². The smallest absolute Gasteiger partial charge is 0.261 e. The van der Waals surface area contributed by atoms with Gasteiger partial charge in [-0.15, -0.1) is 23.1 Å². The molecule has 0 aliphatic heterocycles. The van der Waals surface area contributed by atoms with Crippen LogP contribution in [0, 0.1) is 0 Å². The molecule has 34 heavy (non-hydrogen) atoms. The Balaban J connectivity index is 1.29. The Hall–Kier alpha value is -3.34. The first-order valence-corrected chi connectivity index (χ1v) is 13.5. The lowest BCUT2D eigenvalue weighted by Crippen LogP contribution is -2.14. The number of thiazole rings is 1. The molecule has 0 radical (unpaired) electrons. The molecule has 0 aliphatic rings. The molecule has 0 atom stereocenters. The van der Waals surface area contributed by atoms with E-state index in [-0.39, 0.29) is 16.6 Å². The maximum atomic E-state index is 12.4. The number of nitrogens with one attached hydrogen (secondary N) is 2. The van der Waals surface area contributed by atoms with E-state index >= 15 is 0 Å². The summed E-state index contributed by atoms with van der Waals surface area (Å²) in [5.74, 6) is 0.799. The van der Waals surface area contributed by atoms with Crippen LogP contribution in [0.3, 0.4) is 0 Å². The zero-order valence-corrected chi connectivity index (χ0v) is 20.5. The quantitative estimate of drug-likeness (QED) is 0.294. The van der Waals surface area contributed by atoms with Crippen LogP contribution in [0.5, 0.6) is 5.75 Å². The highest BCUT2D eigenvalue weighted by molar-refractivity contribution is 8.00. The van der Waals surface area contributed by atoms with E-state index in [9.17, 15) is 13.2 Å². The summed E-state index contributed by atoms with van der Waals surface area (Å²) in [6, 6.07) is 22.6. The van der Waals surface area contributed by atoms with Crippen molar-refractivity contribution in [1.29, 1.82) is 0 Å². The maximum Gasteiger partial charge on any atom is 0.261 e. The van der Waals surface area contributed by atoms with Crippen molar-refractivity contribution in [3.05, 3.63) is 84.2 Å². The summed E-state index contributed by atoms with van der Waals surface area (Å²) >= 11 is 2.71. The third-order valence-corrected chi connectivity index (χ3v) is 7.83. The van der Waals surface area contributed by atoms with Crippen LogP contribution in [0.1, 0.15) is 0 Å². The van der Waals surface area contributed by atoms with Crippen molar-refractivity contribution in [2.45, 2.75) is 9.79 Å². The number of methoxy groups -OCH3 is 1. The van der Waals surface area contributed by atoms with E-state index in [1.54, 1.807) is 49.6 Å². The Morgan fingerprint density at radius 2 is 1.71 bits per heavy atom. The van der Waals surface area contributed by atoms with Gasteiger partial charge in [0.1, 0.15) is 5.75 Å². The van der Waals surface area contributed by atoms with E-state index in [1.165, 1.54) is 35.2 Å². The first-order valence-electron chi connectivity index (χ1n) is 10.1. The Morgan fingerprint density at radius 3 is 2.38 bits per heavy atom. The van der Waals surface area contributed by atoms with Gasteiger partial charge in [-0.1, -0.05) is 18.2 Å². The van der Waals surface area contributed by atoms with Gasteiger partial charge in [0, 0.05) is 21.5 Å². The highest BCUT2D eigenvalue weighted by atomic mass is 32.2. The standard InChI is InChI=1S/C24H21N3O4S3/c1-31-19-11-7-17(8-12-19)22-15-33-24(25-22)26-23(28)16-32-20-13-9-18(10-14-20)27-34(29,30)21-5-3-2-4-6-21/h2-15,27H,16H2,1H3,(H,25,26,28). The molecular formula is C24H21N3O4S3. The van der Waals surface area contributed by atoms with E-state index in [0.29, 0.717) is 10.8 Å². The average molecular weight is 512 g/mol. The lowest BCUT2D eigenvalue weighted by Gasteiger charge is -2.09. The van der Waals surface area contributed by atoms with Gasteiger partial charge in [0.2, 0.25) is 5.91 Å². The molecule has 174 valence electrons. The second kappa shape index (κ2) is 10.7. The van der Waals surface area contributed by atoms with Gasteiger partial charge >= 0.3 is 0 Å². The molecule has 7 nitrogen and oxygen atoms in total. The summed E-state index contributed by atoms with van der Waals surface area (Å²) in [6.07, 6.45) is 0. The van der Waals surface area contributed by atoms with Gasteiger partial charge in [0.25, 0.3) is 10.0 Å². The fraction of sp³-hybridized carbons (Fsp3) is 0.0833. The predicted molar refractivity (Wildman–Crippen MR) is 137 cm³/mol. The first-order chi connectivity index (χ1) is 16.4. The SMILES string of the molecule is COc1ccc(-c2csc(NC(=O)CSc3ccc(NS(=O)(=O)c4ccccc4)cc3)n2)cc1. The number of rotatable bonds is 9. The highest BCUT2D eigenvalue weighted by Crippen LogP contribution is 2.27.